The summed E-state index contributed by atoms with van der Waals surface area (Å²) in [6.07, 6.45) is 0. The lowest BCUT2D eigenvalue weighted by atomic mass is 10.0. The molecule has 2 nitrogen and oxygen atoms in total. The van der Waals surface area contributed by atoms with Crippen LogP contribution in [-0.4, -0.2) is 13.7 Å². The van der Waals surface area contributed by atoms with Gasteiger partial charge in [0.1, 0.15) is 11.5 Å². The summed E-state index contributed by atoms with van der Waals surface area (Å²) in [5.41, 5.74) is 2.12. The van der Waals surface area contributed by atoms with Gasteiger partial charge in [0.15, 0.2) is 0 Å². The lowest BCUT2D eigenvalue weighted by molar-refractivity contribution is 0.341. The molecule has 88 valence electrons. The van der Waals surface area contributed by atoms with Crippen molar-refractivity contribution in [2.75, 3.05) is 13.7 Å². The summed E-state index contributed by atoms with van der Waals surface area (Å²) >= 11 is 0. The van der Waals surface area contributed by atoms with Gasteiger partial charge in [0.25, 0.3) is 0 Å². The molecule has 0 saturated carbocycles. The Kier molecular flexibility index (Phi) is 3.66. The molecule has 2 rings (SSSR count). The van der Waals surface area contributed by atoms with E-state index < -0.39 is 0 Å². The topological polar surface area (TPSA) is 18.5 Å². The van der Waals surface area contributed by atoms with E-state index in [1.165, 1.54) is 0 Å². The Hall–Kier alpha value is -1.96. The molecule has 0 fully saturated rings. The zero-order chi connectivity index (χ0) is 12.1. The normalized spacial score (nSPS) is 10.0. The molecule has 0 radical (unpaired) electrons. The van der Waals surface area contributed by atoms with Crippen LogP contribution in [0.15, 0.2) is 48.5 Å². The van der Waals surface area contributed by atoms with Crippen molar-refractivity contribution in [3.8, 4) is 22.6 Å². The Balaban J connectivity index is 2.52. The number of benzene rings is 2. The summed E-state index contributed by atoms with van der Waals surface area (Å²) in [7, 11) is 1.68. The Bertz CT molecular complexity index is 492. The monoisotopic (exact) mass is 228 g/mol. The van der Waals surface area contributed by atoms with Crippen LogP contribution < -0.4 is 9.47 Å². The molecule has 0 unspecified atom stereocenters. The van der Waals surface area contributed by atoms with Crippen molar-refractivity contribution < 1.29 is 9.47 Å². The van der Waals surface area contributed by atoms with Crippen LogP contribution in [0.4, 0.5) is 0 Å². The fourth-order valence-corrected chi connectivity index (χ4v) is 1.84. The molecule has 0 heterocycles. The van der Waals surface area contributed by atoms with E-state index in [2.05, 4.69) is 0 Å². The highest BCUT2D eigenvalue weighted by molar-refractivity contribution is 5.75. The number of hydrogen-bond acceptors (Lipinski definition) is 2. The standard InChI is InChI=1S/C15H16O2/c1-3-17-15-11-7-5-9-13(15)12-8-4-6-10-14(12)16-2/h4-11H,3H2,1-2H3. The van der Waals surface area contributed by atoms with Gasteiger partial charge in [-0.1, -0.05) is 36.4 Å². The van der Waals surface area contributed by atoms with Gasteiger partial charge in [0, 0.05) is 11.1 Å². The molecule has 0 saturated heterocycles. The van der Waals surface area contributed by atoms with Crippen LogP contribution in [0.2, 0.25) is 0 Å². The first-order chi connectivity index (χ1) is 8.36. The first-order valence-corrected chi connectivity index (χ1v) is 5.72. The van der Waals surface area contributed by atoms with Gasteiger partial charge >= 0.3 is 0 Å². The third kappa shape index (κ3) is 2.41. The average molecular weight is 228 g/mol. The van der Waals surface area contributed by atoms with Crippen molar-refractivity contribution in [2.24, 2.45) is 0 Å². The molecular formula is C15H16O2. The molecule has 2 aromatic carbocycles. The molecule has 0 aliphatic heterocycles. The quantitative estimate of drug-likeness (QED) is 0.793. The van der Waals surface area contributed by atoms with E-state index in [1.54, 1.807) is 7.11 Å². The minimum atomic E-state index is 0.659. The lowest BCUT2D eigenvalue weighted by Gasteiger charge is -2.12. The first kappa shape index (κ1) is 11.5. The summed E-state index contributed by atoms with van der Waals surface area (Å²) in [4.78, 5) is 0. The largest absolute Gasteiger partial charge is 0.496 e. The van der Waals surface area contributed by atoms with Crippen molar-refractivity contribution in [3.63, 3.8) is 0 Å². The highest BCUT2D eigenvalue weighted by Gasteiger charge is 2.09. The maximum Gasteiger partial charge on any atom is 0.127 e. The van der Waals surface area contributed by atoms with Crippen LogP contribution in [0.5, 0.6) is 11.5 Å². The first-order valence-electron chi connectivity index (χ1n) is 5.72. The zero-order valence-corrected chi connectivity index (χ0v) is 10.1. The third-order valence-corrected chi connectivity index (χ3v) is 2.58. The molecule has 0 aromatic heterocycles. The Labute approximate surface area is 102 Å². The summed E-state index contributed by atoms with van der Waals surface area (Å²) in [5.74, 6) is 1.75. The number of rotatable bonds is 4. The van der Waals surface area contributed by atoms with Crippen LogP contribution in [0.1, 0.15) is 6.92 Å². The highest BCUT2D eigenvalue weighted by atomic mass is 16.5. The van der Waals surface area contributed by atoms with E-state index >= 15 is 0 Å². The average Bonchev–Trinajstić information content (AvgIpc) is 2.40. The number of methoxy groups -OCH3 is 1. The van der Waals surface area contributed by atoms with Crippen molar-refractivity contribution in [2.45, 2.75) is 6.92 Å². The third-order valence-electron chi connectivity index (χ3n) is 2.58. The predicted molar refractivity (Wildman–Crippen MR) is 69.6 cm³/mol. The minimum Gasteiger partial charge on any atom is -0.496 e. The molecule has 0 amide bonds. The molecule has 2 aromatic rings. The fraction of sp³-hybridized carbons (Fsp3) is 0.200. The van der Waals surface area contributed by atoms with E-state index in [1.807, 2.05) is 55.5 Å². The molecule has 0 aliphatic carbocycles. The summed E-state index contributed by atoms with van der Waals surface area (Å²) < 4.78 is 11.0. The Morgan fingerprint density at radius 3 is 1.94 bits per heavy atom. The van der Waals surface area contributed by atoms with Gasteiger partial charge in [-0.2, -0.15) is 0 Å². The van der Waals surface area contributed by atoms with Gasteiger partial charge in [-0.25, -0.2) is 0 Å². The van der Waals surface area contributed by atoms with Gasteiger partial charge in [-0.15, -0.1) is 0 Å². The second-order valence-electron chi connectivity index (χ2n) is 3.63. The zero-order valence-electron chi connectivity index (χ0n) is 10.1. The Morgan fingerprint density at radius 1 is 0.824 bits per heavy atom. The SMILES string of the molecule is CCOc1ccccc1-c1ccccc1OC. The van der Waals surface area contributed by atoms with Gasteiger partial charge in [-0.05, 0) is 19.1 Å². The highest BCUT2D eigenvalue weighted by Crippen LogP contribution is 2.35. The number of ether oxygens (including phenoxy) is 2. The second-order valence-corrected chi connectivity index (χ2v) is 3.63. The smallest absolute Gasteiger partial charge is 0.127 e. The molecular weight excluding hydrogens is 212 g/mol. The van der Waals surface area contributed by atoms with E-state index in [0.717, 1.165) is 22.6 Å². The summed E-state index contributed by atoms with van der Waals surface area (Å²) in [6, 6.07) is 16.0. The molecule has 0 atom stereocenters. The van der Waals surface area contributed by atoms with Crippen LogP contribution in [0.3, 0.4) is 0 Å². The van der Waals surface area contributed by atoms with Crippen LogP contribution in [0.25, 0.3) is 11.1 Å². The molecule has 2 heteroatoms. The van der Waals surface area contributed by atoms with Crippen LogP contribution in [0, 0.1) is 0 Å². The second kappa shape index (κ2) is 5.39. The van der Waals surface area contributed by atoms with E-state index in [0.29, 0.717) is 6.61 Å². The molecule has 0 aliphatic rings. The van der Waals surface area contributed by atoms with Crippen LogP contribution in [-0.2, 0) is 0 Å². The van der Waals surface area contributed by atoms with Crippen molar-refractivity contribution in [1.29, 1.82) is 0 Å². The van der Waals surface area contributed by atoms with E-state index in [4.69, 9.17) is 9.47 Å². The molecule has 17 heavy (non-hydrogen) atoms. The van der Waals surface area contributed by atoms with Crippen LogP contribution >= 0.6 is 0 Å². The predicted octanol–water partition coefficient (Wildman–Crippen LogP) is 3.76. The van der Waals surface area contributed by atoms with E-state index in [-0.39, 0.29) is 0 Å². The van der Waals surface area contributed by atoms with Gasteiger partial charge in [-0.3, -0.25) is 0 Å². The fourth-order valence-electron chi connectivity index (χ4n) is 1.84. The van der Waals surface area contributed by atoms with Gasteiger partial charge < -0.3 is 9.47 Å². The van der Waals surface area contributed by atoms with Crippen molar-refractivity contribution >= 4 is 0 Å². The van der Waals surface area contributed by atoms with Gasteiger partial charge in [0.2, 0.25) is 0 Å². The van der Waals surface area contributed by atoms with Crippen molar-refractivity contribution in [1.82, 2.24) is 0 Å². The Morgan fingerprint density at radius 2 is 1.35 bits per heavy atom. The minimum absolute atomic E-state index is 0.659. The maximum absolute atomic E-state index is 5.64. The maximum atomic E-state index is 5.64. The summed E-state index contributed by atoms with van der Waals surface area (Å²) in [6.45, 7) is 2.64. The molecule has 0 spiro atoms. The molecule has 0 bridgehead atoms. The lowest BCUT2D eigenvalue weighted by Crippen LogP contribution is -1.95. The summed E-state index contributed by atoms with van der Waals surface area (Å²) in [5, 5.41) is 0. The number of hydrogen-bond donors (Lipinski definition) is 0. The van der Waals surface area contributed by atoms with Gasteiger partial charge in [0.05, 0.1) is 13.7 Å². The van der Waals surface area contributed by atoms with Crippen molar-refractivity contribution in [3.05, 3.63) is 48.5 Å². The number of para-hydroxylation sites is 2. The van der Waals surface area contributed by atoms with E-state index in [9.17, 15) is 0 Å². The molecule has 0 N–H and O–H groups in total.